The molecule has 1 saturated heterocycles. The highest BCUT2D eigenvalue weighted by Gasteiger charge is 2.28. The van der Waals surface area contributed by atoms with Gasteiger partial charge in [-0.2, -0.15) is 0 Å². The molecule has 1 atom stereocenters. The SMILES string of the molecule is CS(=O)(=O)NCCC1CCCCN1C(=O)c1cc(N)c[nH]1. The fourth-order valence-corrected chi connectivity index (χ4v) is 3.16. The summed E-state index contributed by atoms with van der Waals surface area (Å²) in [5.74, 6) is -0.0734. The molecule has 2 heterocycles. The maximum atomic E-state index is 12.5. The molecule has 1 aliphatic rings. The molecule has 0 aromatic carbocycles. The Labute approximate surface area is 124 Å². The van der Waals surface area contributed by atoms with Crippen LogP contribution in [0.2, 0.25) is 0 Å². The van der Waals surface area contributed by atoms with Crippen molar-refractivity contribution in [2.24, 2.45) is 0 Å². The molecule has 1 fully saturated rings. The first-order valence-corrected chi connectivity index (χ1v) is 8.95. The molecule has 1 unspecified atom stereocenters. The van der Waals surface area contributed by atoms with Gasteiger partial charge in [0.15, 0.2) is 0 Å². The summed E-state index contributed by atoms with van der Waals surface area (Å²) in [4.78, 5) is 17.2. The van der Waals surface area contributed by atoms with Crippen LogP contribution in [0.5, 0.6) is 0 Å². The van der Waals surface area contributed by atoms with Gasteiger partial charge in [0.25, 0.3) is 5.91 Å². The summed E-state index contributed by atoms with van der Waals surface area (Å²) in [7, 11) is -3.19. The van der Waals surface area contributed by atoms with Gasteiger partial charge in [0, 0.05) is 31.0 Å². The number of nitrogen functional groups attached to an aromatic ring is 1. The van der Waals surface area contributed by atoms with Gasteiger partial charge in [0.2, 0.25) is 10.0 Å². The number of nitrogens with one attached hydrogen (secondary N) is 2. The number of nitrogens with zero attached hydrogens (tertiary/aromatic N) is 1. The van der Waals surface area contributed by atoms with Gasteiger partial charge in [-0.15, -0.1) is 0 Å². The van der Waals surface area contributed by atoms with E-state index in [1.165, 1.54) is 0 Å². The van der Waals surface area contributed by atoms with Gasteiger partial charge in [0.05, 0.1) is 6.26 Å². The standard InChI is InChI=1S/C13H22N4O3S/c1-21(19,20)16-6-5-11-4-2-3-7-17(11)13(18)12-8-10(14)9-15-12/h8-9,11,15-16H,2-7,14H2,1H3. The fourth-order valence-electron chi connectivity index (χ4n) is 2.67. The number of hydrogen-bond acceptors (Lipinski definition) is 4. The number of carbonyl (C=O) groups is 1. The lowest BCUT2D eigenvalue weighted by molar-refractivity contribution is 0.0598. The Morgan fingerprint density at radius 3 is 2.90 bits per heavy atom. The van der Waals surface area contributed by atoms with Gasteiger partial charge in [-0.1, -0.05) is 0 Å². The Morgan fingerprint density at radius 1 is 1.52 bits per heavy atom. The highest BCUT2D eigenvalue weighted by Crippen LogP contribution is 2.22. The monoisotopic (exact) mass is 314 g/mol. The third-order valence-corrected chi connectivity index (χ3v) is 4.39. The van der Waals surface area contributed by atoms with E-state index in [0.717, 1.165) is 25.5 Å². The normalized spacial score (nSPS) is 19.7. The van der Waals surface area contributed by atoms with E-state index < -0.39 is 10.0 Å². The molecule has 1 aromatic heterocycles. The molecule has 2 rings (SSSR count). The maximum absolute atomic E-state index is 12.5. The van der Waals surface area contributed by atoms with Crippen molar-refractivity contribution in [2.75, 3.05) is 25.1 Å². The summed E-state index contributed by atoms with van der Waals surface area (Å²) in [5, 5.41) is 0. The van der Waals surface area contributed by atoms with Crippen LogP contribution in [0.3, 0.4) is 0 Å². The van der Waals surface area contributed by atoms with E-state index in [1.54, 1.807) is 12.3 Å². The fraction of sp³-hybridized carbons (Fsp3) is 0.615. The number of rotatable bonds is 5. The van der Waals surface area contributed by atoms with Crippen LogP contribution in [0.1, 0.15) is 36.2 Å². The summed E-state index contributed by atoms with van der Waals surface area (Å²) in [6.45, 7) is 1.04. The molecule has 4 N–H and O–H groups in total. The number of piperidine rings is 1. The number of H-pyrrole nitrogens is 1. The van der Waals surface area contributed by atoms with E-state index in [4.69, 9.17) is 5.73 Å². The minimum Gasteiger partial charge on any atom is -0.397 e. The van der Waals surface area contributed by atoms with Crippen LogP contribution in [-0.2, 0) is 10.0 Å². The van der Waals surface area contributed by atoms with Crippen molar-refractivity contribution in [3.05, 3.63) is 18.0 Å². The Kier molecular flexibility index (Phi) is 4.89. The Bertz CT molecular complexity index is 596. The van der Waals surface area contributed by atoms with E-state index in [0.29, 0.717) is 30.9 Å². The molecule has 118 valence electrons. The van der Waals surface area contributed by atoms with Crippen molar-refractivity contribution >= 4 is 21.6 Å². The summed E-state index contributed by atoms with van der Waals surface area (Å²) in [6.07, 6.45) is 6.27. The highest BCUT2D eigenvalue weighted by atomic mass is 32.2. The number of hydrogen-bond donors (Lipinski definition) is 3. The Morgan fingerprint density at radius 2 is 2.29 bits per heavy atom. The molecule has 1 aliphatic heterocycles. The summed E-state index contributed by atoms with van der Waals surface area (Å²) in [6, 6.07) is 1.69. The van der Waals surface area contributed by atoms with Gasteiger partial charge in [-0.3, -0.25) is 4.79 Å². The van der Waals surface area contributed by atoms with Crippen molar-refractivity contribution in [3.8, 4) is 0 Å². The second-order valence-electron chi connectivity index (χ2n) is 5.45. The lowest BCUT2D eigenvalue weighted by Crippen LogP contribution is -2.45. The van der Waals surface area contributed by atoms with Crippen LogP contribution >= 0.6 is 0 Å². The molecule has 0 saturated carbocycles. The summed E-state index contributed by atoms with van der Waals surface area (Å²) in [5.41, 5.74) is 6.64. The second-order valence-corrected chi connectivity index (χ2v) is 7.28. The highest BCUT2D eigenvalue weighted by molar-refractivity contribution is 7.88. The molecule has 0 radical (unpaired) electrons. The van der Waals surface area contributed by atoms with Crippen molar-refractivity contribution in [1.29, 1.82) is 0 Å². The predicted molar refractivity (Wildman–Crippen MR) is 81.3 cm³/mol. The third kappa shape index (κ3) is 4.47. The number of aromatic amines is 1. The first kappa shape index (κ1) is 15.8. The molecule has 7 nitrogen and oxygen atoms in total. The van der Waals surface area contributed by atoms with Crippen molar-refractivity contribution in [2.45, 2.75) is 31.7 Å². The zero-order valence-corrected chi connectivity index (χ0v) is 12.9. The number of anilines is 1. The lowest BCUT2D eigenvalue weighted by atomic mass is 9.99. The van der Waals surface area contributed by atoms with Gasteiger partial charge < -0.3 is 15.6 Å². The van der Waals surface area contributed by atoms with Crippen LogP contribution in [-0.4, -0.2) is 49.6 Å². The predicted octanol–water partition coefficient (Wildman–Crippen LogP) is 0.531. The zero-order chi connectivity index (χ0) is 15.5. The van der Waals surface area contributed by atoms with Crippen LogP contribution in [0.25, 0.3) is 0 Å². The van der Waals surface area contributed by atoms with E-state index >= 15 is 0 Å². The minimum absolute atomic E-state index is 0.0602. The average Bonchev–Trinajstić information content (AvgIpc) is 2.84. The molecule has 1 amide bonds. The molecule has 21 heavy (non-hydrogen) atoms. The summed E-state index contributed by atoms with van der Waals surface area (Å²) >= 11 is 0. The third-order valence-electron chi connectivity index (χ3n) is 3.67. The minimum atomic E-state index is -3.19. The number of sulfonamides is 1. The van der Waals surface area contributed by atoms with Crippen molar-refractivity contribution in [3.63, 3.8) is 0 Å². The van der Waals surface area contributed by atoms with Gasteiger partial charge >= 0.3 is 0 Å². The first-order valence-electron chi connectivity index (χ1n) is 7.06. The maximum Gasteiger partial charge on any atom is 0.270 e. The number of aromatic nitrogens is 1. The average molecular weight is 314 g/mol. The van der Waals surface area contributed by atoms with Gasteiger partial charge in [-0.25, -0.2) is 13.1 Å². The largest absolute Gasteiger partial charge is 0.397 e. The van der Waals surface area contributed by atoms with Crippen LogP contribution in [0, 0.1) is 0 Å². The van der Waals surface area contributed by atoms with Gasteiger partial charge in [0.1, 0.15) is 5.69 Å². The molecule has 1 aromatic rings. The Hall–Kier alpha value is -1.54. The first-order chi connectivity index (χ1) is 9.87. The molecule has 0 bridgehead atoms. The van der Waals surface area contributed by atoms with E-state index in [1.807, 2.05) is 4.90 Å². The number of nitrogens with two attached hydrogens (primary N) is 1. The van der Waals surface area contributed by atoms with Crippen LogP contribution < -0.4 is 10.5 Å². The number of likely N-dealkylation sites (tertiary alicyclic amines) is 1. The van der Waals surface area contributed by atoms with E-state index in [2.05, 4.69) is 9.71 Å². The summed E-state index contributed by atoms with van der Waals surface area (Å²) < 4.78 is 24.7. The molecular weight excluding hydrogens is 292 g/mol. The quantitative estimate of drug-likeness (QED) is 0.736. The van der Waals surface area contributed by atoms with Crippen molar-refractivity contribution in [1.82, 2.24) is 14.6 Å². The van der Waals surface area contributed by atoms with Crippen molar-refractivity contribution < 1.29 is 13.2 Å². The van der Waals surface area contributed by atoms with E-state index in [-0.39, 0.29) is 11.9 Å². The van der Waals surface area contributed by atoms with Crippen LogP contribution in [0.4, 0.5) is 5.69 Å². The topological polar surface area (TPSA) is 108 Å². The molecule has 0 spiro atoms. The van der Waals surface area contributed by atoms with E-state index in [9.17, 15) is 13.2 Å². The molecule has 8 heteroatoms. The molecular formula is C13H22N4O3S. The number of carbonyl (C=O) groups excluding carboxylic acids is 1. The molecule has 0 aliphatic carbocycles. The Balaban J connectivity index is 1.99. The van der Waals surface area contributed by atoms with Gasteiger partial charge in [-0.05, 0) is 31.7 Å². The van der Waals surface area contributed by atoms with Crippen LogP contribution in [0.15, 0.2) is 12.3 Å². The number of amides is 1. The second kappa shape index (κ2) is 6.48. The lowest BCUT2D eigenvalue weighted by Gasteiger charge is -2.35. The smallest absolute Gasteiger partial charge is 0.270 e. The zero-order valence-electron chi connectivity index (χ0n) is 12.1.